The summed E-state index contributed by atoms with van der Waals surface area (Å²) in [5.41, 5.74) is 1.71. The number of carbonyl (C=O) groups is 1. The van der Waals surface area contributed by atoms with Gasteiger partial charge in [-0.3, -0.25) is 0 Å². The third-order valence-corrected chi connectivity index (χ3v) is 5.11. The number of carbonyl (C=O) groups excluding carboxylic acids is 1. The monoisotopic (exact) mass is 368 g/mol. The number of fused-ring (bicyclic) bond motifs is 1. The summed E-state index contributed by atoms with van der Waals surface area (Å²) in [5, 5.41) is 7.19. The van der Waals surface area contributed by atoms with Gasteiger partial charge in [-0.05, 0) is 38.8 Å². The van der Waals surface area contributed by atoms with E-state index in [1.165, 1.54) is 6.33 Å². The number of benzene rings is 1. The van der Waals surface area contributed by atoms with E-state index >= 15 is 0 Å². The summed E-state index contributed by atoms with van der Waals surface area (Å²) in [4.78, 5) is 23.3. The van der Waals surface area contributed by atoms with Gasteiger partial charge in [-0.2, -0.15) is 5.10 Å². The maximum absolute atomic E-state index is 12.6. The smallest absolute Gasteiger partial charge is 0.317 e. The van der Waals surface area contributed by atoms with Crippen LogP contribution in [0.3, 0.4) is 0 Å². The van der Waals surface area contributed by atoms with Crippen LogP contribution in [0.15, 0.2) is 35.0 Å². The average molecular weight is 368 g/mol. The van der Waals surface area contributed by atoms with Crippen molar-refractivity contribution >= 4 is 17.1 Å². The molecule has 1 aliphatic rings. The van der Waals surface area contributed by atoms with E-state index in [9.17, 15) is 4.79 Å². The number of piperidine rings is 1. The second kappa shape index (κ2) is 7.38. The van der Waals surface area contributed by atoms with Gasteiger partial charge in [0.1, 0.15) is 17.7 Å². The quantitative estimate of drug-likeness (QED) is 0.764. The standard InChI is InChI=1S/C19H24N6O2/c1-3-25-17(20-12-21-25)13(2)22-19(26)24-10-8-14(9-11-24)18-23-15-6-4-5-7-16(15)27-18/h4-7,12-14H,3,8-11H2,1-2H3,(H,22,26). The molecule has 0 aliphatic carbocycles. The van der Waals surface area contributed by atoms with E-state index in [1.54, 1.807) is 4.68 Å². The van der Waals surface area contributed by atoms with Crippen molar-refractivity contribution < 1.29 is 9.21 Å². The summed E-state index contributed by atoms with van der Waals surface area (Å²) in [6.07, 6.45) is 3.22. The number of aromatic nitrogens is 4. The minimum absolute atomic E-state index is 0.0656. The van der Waals surface area contributed by atoms with E-state index in [0.29, 0.717) is 13.1 Å². The number of rotatable bonds is 4. The fourth-order valence-corrected chi connectivity index (χ4v) is 3.59. The van der Waals surface area contributed by atoms with Gasteiger partial charge in [0.15, 0.2) is 11.5 Å². The molecule has 3 heterocycles. The molecule has 142 valence electrons. The van der Waals surface area contributed by atoms with Gasteiger partial charge >= 0.3 is 6.03 Å². The molecule has 1 unspecified atom stereocenters. The number of likely N-dealkylation sites (tertiary alicyclic amines) is 1. The van der Waals surface area contributed by atoms with Gasteiger partial charge in [-0.15, -0.1) is 0 Å². The van der Waals surface area contributed by atoms with Gasteiger partial charge in [0, 0.05) is 25.6 Å². The Hall–Kier alpha value is -2.90. The lowest BCUT2D eigenvalue weighted by Gasteiger charge is -2.31. The van der Waals surface area contributed by atoms with E-state index in [2.05, 4.69) is 20.4 Å². The molecule has 1 saturated heterocycles. The molecule has 0 radical (unpaired) electrons. The summed E-state index contributed by atoms with van der Waals surface area (Å²) in [5.74, 6) is 1.80. The topological polar surface area (TPSA) is 89.1 Å². The molecule has 8 heteroatoms. The van der Waals surface area contributed by atoms with Gasteiger partial charge in [0.25, 0.3) is 0 Å². The summed E-state index contributed by atoms with van der Waals surface area (Å²) >= 11 is 0. The van der Waals surface area contributed by atoms with Gasteiger partial charge in [0.05, 0.1) is 6.04 Å². The third-order valence-electron chi connectivity index (χ3n) is 5.11. The molecule has 0 spiro atoms. The fraction of sp³-hybridized carbons (Fsp3) is 0.474. The summed E-state index contributed by atoms with van der Waals surface area (Å²) < 4.78 is 7.69. The number of hydrogen-bond donors (Lipinski definition) is 1. The van der Waals surface area contributed by atoms with Crippen LogP contribution < -0.4 is 5.32 Å². The first-order chi connectivity index (χ1) is 13.2. The molecule has 1 aromatic carbocycles. The number of oxazole rings is 1. The first-order valence-corrected chi connectivity index (χ1v) is 9.44. The molecule has 8 nitrogen and oxygen atoms in total. The number of nitrogens with one attached hydrogen (secondary N) is 1. The summed E-state index contributed by atoms with van der Waals surface area (Å²) in [7, 11) is 0. The molecular weight excluding hydrogens is 344 g/mol. The highest BCUT2D eigenvalue weighted by Gasteiger charge is 2.28. The van der Waals surface area contributed by atoms with Crippen molar-refractivity contribution in [2.45, 2.75) is 45.2 Å². The van der Waals surface area contributed by atoms with Crippen LogP contribution in [0.5, 0.6) is 0 Å². The van der Waals surface area contributed by atoms with Crippen molar-refractivity contribution in [3.63, 3.8) is 0 Å². The van der Waals surface area contributed by atoms with Crippen LogP contribution in [-0.2, 0) is 6.54 Å². The highest BCUT2D eigenvalue weighted by atomic mass is 16.3. The van der Waals surface area contributed by atoms with E-state index in [-0.39, 0.29) is 18.0 Å². The molecule has 0 bridgehead atoms. The Labute approximate surface area is 157 Å². The molecule has 2 amide bonds. The third kappa shape index (κ3) is 3.51. The highest BCUT2D eigenvalue weighted by Crippen LogP contribution is 2.30. The zero-order valence-corrected chi connectivity index (χ0v) is 15.6. The van der Waals surface area contributed by atoms with E-state index in [1.807, 2.05) is 43.0 Å². The van der Waals surface area contributed by atoms with Crippen LogP contribution in [0.1, 0.15) is 50.4 Å². The van der Waals surface area contributed by atoms with Crippen molar-refractivity contribution in [1.29, 1.82) is 0 Å². The van der Waals surface area contributed by atoms with Gasteiger partial charge in [-0.1, -0.05) is 12.1 Å². The Bertz CT molecular complexity index is 892. The zero-order chi connectivity index (χ0) is 18.8. The molecule has 1 N–H and O–H groups in total. The van der Waals surface area contributed by atoms with Crippen molar-refractivity contribution in [2.75, 3.05) is 13.1 Å². The number of aryl methyl sites for hydroxylation is 1. The molecule has 0 saturated carbocycles. The predicted molar refractivity (Wildman–Crippen MR) is 100 cm³/mol. The Balaban J connectivity index is 1.35. The number of para-hydroxylation sites is 2. The van der Waals surface area contributed by atoms with Gasteiger partial charge < -0.3 is 14.6 Å². The minimum Gasteiger partial charge on any atom is -0.440 e. The minimum atomic E-state index is -0.185. The van der Waals surface area contributed by atoms with Gasteiger partial charge in [-0.25, -0.2) is 19.4 Å². The van der Waals surface area contributed by atoms with E-state index in [4.69, 9.17) is 4.42 Å². The summed E-state index contributed by atoms with van der Waals surface area (Å²) in [6.45, 7) is 6.03. The number of hydrogen-bond acceptors (Lipinski definition) is 5. The molecule has 1 fully saturated rings. The molecule has 1 aliphatic heterocycles. The number of nitrogens with zero attached hydrogens (tertiary/aromatic N) is 5. The number of amides is 2. The van der Waals surface area contributed by atoms with Crippen LogP contribution in [0, 0.1) is 0 Å². The number of urea groups is 1. The van der Waals surface area contributed by atoms with Crippen LogP contribution in [0.25, 0.3) is 11.1 Å². The van der Waals surface area contributed by atoms with Gasteiger partial charge in [0.2, 0.25) is 0 Å². The second-order valence-electron chi connectivity index (χ2n) is 6.89. The first kappa shape index (κ1) is 17.5. The Morgan fingerprint density at radius 3 is 2.85 bits per heavy atom. The van der Waals surface area contributed by atoms with E-state index < -0.39 is 0 Å². The zero-order valence-electron chi connectivity index (χ0n) is 15.6. The Kier molecular flexibility index (Phi) is 4.79. The van der Waals surface area contributed by atoms with Crippen molar-refractivity contribution in [2.24, 2.45) is 0 Å². The molecule has 3 aromatic rings. The molecule has 1 atom stereocenters. The maximum Gasteiger partial charge on any atom is 0.317 e. The molecule has 27 heavy (non-hydrogen) atoms. The Morgan fingerprint density at radius 2 is 2.11 bits per heavy atom. The van der Waals surface area contributed by atoms with Crippen molar-refractivity contribution in [3.05, 3.63) is 42.3 Å². The molecule has 4 rings (SSSR count). The second-order valence-corrected chi connectivity index (χ2v) is 6.89. The van der Waals surface area contributed by atoms with Crippen LogP contribution in [0.2, 0.25) is 0 Å². The fourth-order valence-electron chi connectivity index (χ4n) is 3.59. The SMILES string of the molecule is CCn1ncnc1C(C)NC(=O)N1CCC(c2nc3ccccc3o2)CC1. The Morgan fingerprint density at radius 1 is 1.33 bits per heavy atom. The van der Waals surface area contributed by atoms with E-state index in [0.717, 1.165) is 42.2 Å². The maximum atomic E-state index is 12.6. The highest BCUT2D eigenvalue weighted by molar-refractivity contribution is 5.75. The molecular formula is C19H24N6O2. The van der Waals surface area contributed by atoms with Crippen LogP contribution in [0.4, 0.5) is 4.79 Å². The normalized spacial score (nSPS) is 16.6. The predicted octanol–water partition coefficient (Wildman–Crippen LogP) is 3.09. The lowest BCUT2D eigenvalue weighted by atomic mass is 9.97. The average Bonchev–Trinajstić information content (AvgIpc) is 3.34. The lowest BCUT2D eigenvalue weighted by molar-refractivity contribution is 0.174. The lowest BCUT2D eigenvalue weighted by Crippen LogP contribution is -2.45. The van der Waals surface area contributed by atoms with Crippen LogP contribution >= 0.6 is 0 Å². The first-order valence-electron chi connectivity index (χ1n) is 9.44. The largest absolute Gasteiger partial charge is 0.440 e. The van der Waals surface area contributed by atoms with Crippen molar-refractivity contribution in [3.8, 4) is 0 Å². The summed E-state index contributed by atoms with van der Waals surface area (Å²) in [6, 6.07) is 7.55. The molecule has 2 aromatic heterocycles. The van der Waals surface area contributed by atoms with Crippen molar-refractivity contribution in [1.82, 2.24) is 30.0 Å². The van der Waals surface area contributed by atoms with Crippen LogP contribution in [-0.4, -0.2) is 43.8 Å².